The van der Waals surface area contributed by atoms with Crippen molar-refractivity contribution in [2.75, 3.05) is 5.32 Å². The number of thioether (sulfide) groups is 1. The molecule has 3 rings (SSSR count). The van der Waals surface area contributed by atoms with E-state index in [2.05, 4.69) is 15.5 Å². The molecule has 0 aliphatic heterocycles. The number of anilines is 1. The van der Waals surface area contributed by atoms with Gasteiger partial charge in [-0.3, -0.25) is 10.1 Å². The minimum absolute atomic E-state index is 0.252. The highest BCUT2D eigenvalue weighted by Gasteiger charge is 2.19. The molecule has 0 aliphatic carbocycles. The Morgan fingerprint density at radius 1 is 1.33 bits per heavy atom. The molecule has 8 heteroatoms. The fraction of sp³-hybridized carbons (Fsp3) is 0.188. The average Bonchev–Trinajstić information content (AvgIpc) is 3.17. The van der Waals surface area contributed by atoms with Crippen molar-refractivity contribution in [2.24, 2.45) is 0 Å². The lowest BCUT2D eigenvalue weighted by Crippen LogP contribution is -2.22. The van der Waals surface area contributed by atoms with Gasteiger partial charge in [-0.25, -0.2) is 9.37 Å². The molecule has 0 spiro atoms. The predicted octanol–water partition coefficient (Wildman–Crippen LogP) is 3.90. The lowest BCUT2D eigenvalue weighted by Gasteiger charge is -2.07. The standard InChI is InChI=1S/C16H14FN3O3S/c1-9-7-14(23-20-9)19-15(21)10(2)24-16-18-8-13(22-16)11-3-5-12(17)6-4-11/h3-8,10H,1-2H3,(H,19,21). The van der Waals surface area contributed by atoms with Crippen molar-refractivity contribution in [1.82, 2.24) is 10.1 Å². The van der Waals surface area contributed by atoms with E-state index in [1.165, 1.54) is 23.9 Å². The Hall–Kier alpha value is -2.61. The molecule has 1 unspecified atom stereocenters. The Labute approximate surface area is 141 Å². The summed E-state index contributed by atoms with van der Waals surface area (Å²) in [6.45, 7) is 3.49. The van der Waals surface area contributed by atoms with Gasteiger partial charge in [0.15, 0.2) is 5.76 Å². The summed E-state index contributed by atoms with van der Waals surface area (Å²) in [5.41, 5.74) is 1.40. The second-order valence-corrected chi connectivity index (χ2v) is 6.37. The summed E-state index contributed by atoms with van der Waals surface area (Å²) >= 11 is 1.17. The molecule has 1 atom stereocenters. The fourth-order valence-corrected chi connectivity index (χ4v) is 2.63. The Bertz CT molecular complexity index is 844. The van der Waals surface area contributed by atoms with E-state index < -0.39 is 5.25 Å². The molecule has 124 valence electrons. The SMILES string of the molecule is Cc1cc(NC(=O)C(C)Sc2ncc(-c3ccc(F)cc3)o2)on1. The molecule has 24 heavy (non-hydrogen) atoms. The van der Waals surface area contributed by atoms with E-state index >= 15 is 0 Å². The molecular weight excluding hydrogens is 333 g/mol. The van der Waals surface area contributed by atoms with Gasteiger partial charge in [0, 0.05) is 11.6 Å². The number of aryl methyl sites for hydroxylation is 1. The first-order valence-corrected chi connectivity index (χ1v) is 8.02. The van der Waals surface area contributed by atoms with Gasteiger partial charge >= 0.3 is 0 Å². The minimum Gasteiger partial charge on any atom is -0.431 e. The summed E-state index contributed by atoms with van der Waals surface area (Å²) in [5.74, 6) is 0.235. The summed E-state index contributed by atoms with van der Waals surface area (Å²) in [5, 5.41) is 6.23. The number of nitrogens with one attached hydrogen (secondary N) is 1. The summed E-state index contributed by atoms with van der Waals surface area (Å²) in [6, 6.07) is 7.53. The number of benzene rings is 1. The minimum atomic E-state index is -0.449. The van der Waals surface area contributed by atoms with Gasteiger partial charge in [0.2, 0.25) is 11.8 Å². The monoisotopic (exact) mass is 347 g/mol. The maximum atomic E-state index is 12.9. The van der Waals surface area contributed by atoms with Crippen LogP contribution in [0.25, 0.3) is 11.3 Å². The largest absolute Gasteiger partial charge is 0.431 e. The molecule has 2 heterocycles. The number of hydrogen-bond donors (Lipinski definition) is 1. The lowest BCUT2D eigenvalue weighted by molar-refractivity contribution is -0.115. The number of oxazole rings is 1. The smallest absolute Gasteiger partial charge is 0.256 e. The number of carbonyl (C=O) groups is 1. The van der Waals surface area contributed by atoms with Gasteiger partial charge in [0.1, 0.15) is 5.82 Å². The molecule has 1 N–H and O–H groups in total. The summed E-state index contributed by atoms with van der Waals surface area (Å²) in [7, 11) is 0. The topological polar surface area (TPSA) is 81.2 Å². The first kappa shape index (κ1) is 16.3. The lowest BCUT2D eigenvalue weighted by atomic mass is 10.2. The van der Waals surface area contributed by atoms with Crippen molar-refractivity contribution >= 4 is 23.6 Å². The molecule has 6 nitrogen and oxygen atoms in total. The third kappa shape index (κ3) is 3.83. The van der Waals surface area contributed by atoms with Gasteiger partial charge in [-0.05, 0) is 38.1 Å². The summed E-state index contributed by atoms with van der Waals surface area (Å²) < 4.78 is 23.5. The van der Waals surface area contributed by atoms with E-state index in [4.69, 9.17) is 8.94 Å². The second kappa shape index (κ2) is 6.88. The van der Waals surface area contributed by atoms with E-state index in [-0.39, 0.29) is 11.7 Å². The predicted molar refractivity (Wildman–Crippen MR) is 87.1 cm³/mol. The highest BCUT2D eigenvalue weighted by atomic mass is 32.2. The normalized spacial score (nSPS) is 12.1. The van der Waals surface area contributed by atoms with E-state index in [1.54, 1.807) is 38.2 Å². The number of aromatic nitrogens is 2. The molecule has 2 aromatic heterocycles. The molecule has 3 aromatic rings. The van der Waals surface area contributed by atoms with Crippen molar-refractivity contribution in [3.8, 4) is 11.3 Å². The maximum absolute atomic E-state index is 12.9. The van der Waals surface area contributed by atoms with E-state index in [1.807, 2.05) is 0 Å². The molecule has 0 bridgehead atoms. The highest BCUT2D eigenvalue weighted by molar-refractivity contribution is 8.00. The van der Waals surface area contributed by atoms with Crippen LogP contribution in [0.3, 0.4) is 0 Å². The highest BCUT2D eigenvalue weighted by Crippen LogP contribution is 2.28. The van der Waals surface area contributed by atoms with Crippen LogP contribution < -0.4 is 5.32 Å². The third-order valence-electron chi connectivity index (χ3n) is 3.13. The quantitative estimate of drug-likeness (QED) is 0.705. The van der Waals surface area contributed by atoms with Crippen molar-refractivity contribution < 1.29 is 18.1 Å². The Morgan fingerprint density at radius 2 is 2.08 bits per heavy atom. The van der Waals surface area contributed by atoms with Crippen LogP contribution in [0, 0.1) is 12.7 Å². The van der Waals surface area contributed by atoms with Crippen molar-refractivity contribution in [3.63, 3.8) is 0 Å². The molecule has 0 radical (unpaired) electrons. The molecular formula is C16H14FN3O3S. The van der Waals surface area contributed by atoms with Crippen LogP contribution in [0.5, 0.6) is 0 Å². The molecule has 1 aromatic carbocycles. The zero-order valence-corrected chi connectivity index (χ0v) is 13.8. The van der Waals surface area contributed by atoms with Gasteiger partial charge in [0.05, 0.1) is 17.1 Å². The third-order valence-corrected chi connectivity index (χ3v) is 4.09. The van der Waals surface area contributed by atoms with Gasteiger partial charge in [0.25, 0.3) is 5.22 Å². The Morgan fingerprint density at radius 3 is 2.75 bits per heavy atom. The van der Waals surface area contributed by atoms with Crippen molar-refractivity contribution in [1.29, 1.82) is 0 Å². The van der Waals surface area contributed by atoms with Crippen molar-refractivity contribution in [2.45, 2.75) is 24.3 Å². The number of halogens is 1. The second-order valence-electron chi connectivity index (χ2n) is 5.08. The molecule has 0 saturated carbocycles. The van der Waals surface area contributed by atoms with Crippen LogP contribution in [0.4, 0.5) is 10.3 Å². The molecule has 0 saturated heterocycles. The van der Waals surface area contributed by atoms with Gasteiger partial charge in [-0.15, -0.1) is 0 Å². The Kier molecular flexibility index (Phi) is 4.66. The maximum Gasteiger partial charge on any atom is 0.256 e. The van der Waals surface area contributed by atoms with Crippen LogP contribution in [-0.4, -0.2) is 21.3 Å². The first-order chi connectivity index (χ1) is 11.5. The number of amides is 1. The van der Waals surface area contributed by atoms with Gasteiger partial charge in [-0.1, -0.05) is 16.9 Å². The molecule has 1 amide bonds. The average molecular weight is 347 g/mol. The number of hydrogen-bond acceptors (Lipinski definition) is 6. The summed E-state index contributed by atoms with van der Waals surface area (Å²) in [4.78, 5) is 16.2. The molecule has 0 fully saturated rings. The number of nitrogens with zero attached hydrogens (tertiary/aromatic N) is 2. The van der Waals surface area contributed by atoms with Crippen LogP contribution in [0.1, 0.15) is 12.6 Å². The van der Waals surface area contributed by atoms with Crippen molar-refractivity contribution in [3.05, 3.63) is 48.0 Å². The fourth-order valence-electron chi connectivity index (χ4n) is 1.91. The van der Waals surface area contributed by atoms with Crippen LogP contribution >= 0.6 is 11.8 Å². The number of carbonyl (C=O) groups excluding carboxylic acids is 1. The van der Waals surface area contributed by atoms with Gasteiger partial charge < -0.3 is 8.94 Å². The van der Waals surface area contributed by atoms with Crippen LogP contribution in [0.2, 0.25) is 0 Å². The van der Waals surface area contributed by atoms with Crippen LogP contribution in [0.15, 0.2) is 50.7 Å². The number of rotatable bonds is 5. The van der Waals surface area contributed by atoms with Gasteiger partial charge in [-0.2, -0.15) is 0 Å². The molecule has 0 aliphatic rings. The first-order valence-electron chi connectivity index (χ1n) is 7.14. The zero-order valence-electron chi connectivity index (χ0n) is 12.9. The van der Waals surface area contributed by atoms with E-state index in [0.29, 0.717) is 28.1 Å². The Balaban J connectivity index is 1.63. The van der Waals surface area contributed by atoms with E-state index in [9.17, 15) is 9.18 Å². The van der Waals surface area contributed by atoms with Crippen LogP contribution in [-0.2, 0) is 4.79 Å². The zero-order chi connectivity index (χ0) is 17.1. The summed E-state index contributed by atoms with van der Waals surface area (Å²) in [6.07, 6.45) is 1.54. The van der Waals surface area contributed by atoms with E-state index in [0.717, 1.165) is 0 Å².